The molecule has 0 aromatic carbocycles. The maximum Gasteiger partial charge on any atom is 0.472 e. The number of unbranched alkanes of at least 4 members (excludes halogenated alkanes) is 22. The van der Waals surface area contributed by atoms with E-state index in [1.54, 1.807) is 0 Å². The summed E-state index contributed by atoms with van der Waals surface area (Å²) in [5, 5.41) is 20.6. The van der Waals surface area contributed by atoms with Gasteiger partial charge in [-0.15, -0.1) is 0 Å². The highest BCUT2D eigenvalue weighted by Gasteiger charge is 2.29. The molecule has 0 aliphatic rings. The van der Waals surface area contributed by atoms with Crippen LogP contribution in [0.15, 0.2) is 146 Å². The van der Waals surface area contributed by atoms with Crippen molar-refractivity contribution in [1.29, 1.82) is 0 Å². The first-order valence-corrected chi connectivity index (χ1v) is 40.1. The van der Waals surface area contributed by atoms with E-state index in [2.05, 4.69) is 167 Å². The van der Waals surface area contributed by atoms with Crippen molar-refractivity contribution in [3.8, 4) is 0 Å². The Bertz CT molecular complexity index is 2350. The van der Waals surface area contributed by atoms with Crippen LogP contribution in [-0.2, 0) is 55.8 Å². The van der Waals surface area contributed by atoms with Crippen LogP contribution < -0.4 is 0 Å². The molecule has 0 radical (unpaired) electrons. The van der Waals surface area contributed by atoms with E-state index < -0.39 is 91.5 Å². The van der Waals surface area contributed by atoms with Crippen LogP contribution in [0.4, 0.5) is 0 Å². The largest absolute Gasteiger partial charge is 0.472 e. The number of rotatable bonds is 69. The lowest BCUT2D eigenvalue weighted by Crippen LogP contribution is -2.30. The zero-order chi connectivity index (χ0) is 70.9. The smallest absolute Gasteiger partial charge is 0.463 e. The summed E-state index contributed by atoms with van der Waals surface area (Å²) in [7, 11) is -9.80. The number of carbonyl (C=O) groups is 3. The van der Waals surface area contributed by atoms with Gasteiger partial charge in [-0.05, 0) is 141 Å². The van der Waals surface area contributed by atoms with Crippen LogP contribution in [0.5, 0.6) is 0 Å². The molecule has 4 N–H and O–H groups in total. The number of allylic oxidation sites excluding steroid dienone is 24. The van der Waals surface area contributed by atoms with Crippen molar-refractivity contribution in [2.45, 2.75) is 296 Å². The Kier molecular flexibility index (Phi) is 67.9. The molecule has 0 bridgehead atoms. The maximum absolute atomic E-state index is 12.9. The molecular formula is C79H132O16P2. The van der Waals surface area contributed by atoms with E-state index in [4.69, 9.17) is 32.3 Å². The van der Waals surface area contributed by atoms with Crippen LogP contribution >= 0.6 is 15.6 Å². The van der Waals surface area contributed by atoms with E-state index in [1.165, 1.54) is 44.9 Å². The standard InChI is InChI=1S/C79H132O16P2/c1-4-7-10-13-16-19-22-25-27-29-31-33-34-35-36-37-38-40-42-43-45-48-50-53-56-59-62-65-77(82)89-68-74(80)69-91-96(85,86)92-70-75(81)71-93-97(87,88)94-73-76(95-79(84)67-64-61-58-55-52-47-24-21-18-15-12-9-6-3)72-90-78(83)66-63-60-57-54-51-49-46-44-41-39-32-30-28-26-23-20-17-14-11-8-5-2/h7-8,10-11,16-17,19-21,24-28,31-33,35-36,38-40,44,46,74-76,80-81H,4-6,9,12-15,18,22-23,29-30,34,37,41-43,45,47-73H2,1-3H3,(H,85,86)(H,87,88)/b10-7-,11-8-,19-16-,20-17-,24-21-,27-25-,28-26-,33-31-,36-35-,39-32-,40-38-,46-44-. The minimum atomic E-state index is -4.94. The van der Waals surface area contributed by atoms with E-state index in [1.807, 2.05) is 0 Å². The number of phosphoric acid groups is 2. The summed E-state index contributed by atoms with van der Waals surface area (Å²) >= 11 is 0. The van der Waals surface area contributed by atoms with E-state index in [0.717, 1.165) is 173 Å². The Morgan fingerprint density at radius 2 is 0.546 bits per heavy atom. The minimum absolute atomic E-state index is 0.0862. The summed E-state index contributed by atoms with van der Waals surface area (Å²) in [6, 6.07) is 0. The molecule has 0 rings (SSSR count). The topological polar surface area (TPSA) is 231 Å². The van der Waals surface area contributed by atoms with Crippen molar-refractivity contribution < 1.29 is 75.8 Å². The number of phosphoric ester groups is 2. The number of esters is 3. The van der Waals surface area contributed by atoms with Crippen molar-refractivity contribution >= 4 is 33.6 Å². The molecule has 0 aliphatic heterocycles. The molecule has 97 heavy (non-hydrogen) atoms. The second kappa shape index (κ2) is 71.3. The fraction of sp³-hybridized carbons (Fsp3) is 0.658. The Hall–Kier alpha value is -4.57. The van der Waals surface area contributed by atoms with Crippen molar-refractivity contribution in [1.82, 2.24) is 0 Å². The zero-order valence-corrected chi connectivity index (χ0v) is 62.0. The van der Waals surface area contributed by atoms with Gasteiger partial charge in [0.2, 0.25) is 0 Å². The highest BCUT2D eigenvalue weighted by molar-refractivity contribution is 7.47. The number of carbonyl (C=O) groups excluding carboxylic acids is 3. The molecule has 5 unspecified atom stereocenters. The lowest BCUT2D eigenvalue weighted by atomic mass is 10.1. The van der Waals surface area contributed by atoms with Gasteiger partial charge in [-0.3, -0.25) is 32.5 Å². The molecule has 554 valence electrons. The van der Waals surface area contributed by atoms with Crippen molar-refractivity contribution in [3.05, 3.63) is 146 Å². The lowest BCUT2D eigenvalue weighted by molar-refractivity contribution is -0.161. The van der Waals surface area contributed by atoms with Crippen LogP contribution in [-0.4, -0.2) is 95.9 Å². The second-order valence-corrected chi connectivity index (χ2v) is 27.2. The maximum atomic E-state index is 12.9. The molecule has 5 atom stereocenters. The van der Waals surface area contributed by atoms with Gasteiger partial charge in [-0.25, -0.2) is 9.13 Å². The summed E-state index contributed by atoms with van der Waals surface area (Å²) in [4.78, 5) is 58.5. The summed E-state index contributed by atoms with van der Waals surface area (Å²) < 4.78 is 61.0. The zero-order valence-electron chi connectivity index (χ0n) is 60.2. The number of aliphatic hydroxyl groups is 2. The number of hydrogen-bond donors (Lipinski definition) is 4. The summed E-state index contributed by atoms with van der Waals surface area (Å²) in [6.45, 7) is 2.38. The van der Waals surface area contributed by atoms with Gasteiger partial charge in [0, 0.05) is 19.3 Å². The van der Waals surface area contributed by atoms with E-state index >= 15 is 0 Å². The fourth-order valence-corrected chi connectivity index (χ4v) is 11.0. The Labute approximate surface area is 587 Å². The van der Waals surface area contributed by atoms with Gasteiger partial charge in [-0.2, -0.15) is 0 Å². The molecule has 18 heteroatoms. The Morgan fingerprint density at radius 3 is 0.876 bits per heavy atom. The molecule has 0 spiro atoms. The minimum Gasteiger partial charge on any atom is -0.463 e. The van der Waals surface area contributed by atoms with E-state index in [9.17, 15) is 43.5 Å². The summed E-state index contributed by atoms with van der Waals surface area (Å²) in [5.74, 6) is -1.62. The first-order chi connectivity index (χ1) is 47.2. The van der Waals surface area contributed by atoms with Crippen molar-refractivity contribution in [2.75, 3.05) is 39.6 Å². The van der Waals surface area contributed by atoms with Gasteiger partial charge in [0.05, 0.1) is 26.4 Å². The number of aliphatic hydroxyl groups excluding tert-OH is 2. The molecule has 0 amide bonds. The fourth-order valence-electron chi connectivity index (χ4n) is 9.42. The predicted molar refractivity (Wildman–Crippen MR) is 399 cm³/mol. The highest BCUT2D eigenvalue weighted by atomic mass is 31.2. The van der Waals surface area contributed by atoms with Gasteiger partial charge in [0.25, 0.3) is 0 Å². The molecule has 0 heterocycles. The van der Waals surface area contributed by atoms with Gasteiger partial charge < -0.3 is 34.2 Å². The van der Waals surface area contributed by atoms with Crippen LogP contribution in [0.2, 0.25) is 0 Å². The molecule has 0 aromatic rings. The third kappa shape index (κ3) is 72.5. The average molecular weight is 1400 g/mol. The molecule has 0 saturated carbocycles. The number of hydrogen-bond acceptors (Lipinski definition) is 14. The molecule has 16 nitrogen and oxygen atoms in total. The summed E-state index contributed by atoms with van der Waals surface area (Å²) in [5.41, 5.74) is 0. The third-order valence-corrected chi connectivity index (χ3v) is 16.9. The van der Waals surface area contributed by atoms with Crippen molar-refractivity contribution in [3.63, 3.8) is 0 Å². The normalized spacial score (nSPS) is 14.9. The third-order valence-electron chi connectivity index (χ3n) is 15.0. The SMILES string of the molecule is CC/C=C\C/C=C\C/C=C\C/C=C\C/C=C\C/C=C\CCCCCCCCCCC(=O)OCC(O)COP(=O)(O)OCC(O)COP(=O)(O)OCC(COC(=O)CCCCCCC/C=C\C/C=C\C/C=C\C/C=C\C/C=C\CC)OC(=O)CCCCCCC/C=C\CCCCCC. The van der Waals surface area contributed by atoms with Crippen LogP contribution in [0.3, 0.4) is 0 Å². The molecule has 0 aromatic heterocycles. The van der Waals surface area contributed by atoms with Gasteiger partial charge in [0.15, 0.2) is 6.10 Å². The number of ether oxygens (including phenoxy) is 3. The van der Waals surface area contributed by atoms with Gasteiger partial charge >= 0.3 is 33.6 Å². The Balaban J connectivity index is 4.58. The predicted octanol–water partition coefficient (Wildman–Crippen LogP) is 21.3. The van der Waals surface area contributed by atoms with Crippen LogP contribution in [0, 0.1) is 0 Å². The molecule has 0 aliphatic carbocycles. The second-order valence-electron chi connectivity index (χ2n) is 24.3. The quantitative estimate of drug-likeness (QED) is 0.0146. The van der Waals surface area contributed by atoms with Gasteiger partial charge in [-0.1, -0.05) is 263 Å². The molecule has 0 fully saturated rings. The van der Waals surface area contributed by atoms with Crippen LogP contribution in [0.25, 0.3) is 0 Å². The first-order valence-electron chi connectivity index (χ1n) is 37.1. The van der Waals surface area contributed by atoms with E-state index in [-0.39, 0.29) is 19.3 Å². The summed E-state index contributed by atoms with van der Waals surface area (Å²) in [6.07, 6.45) is 86.1. The average Bonchev–Trinajstić information content (AvgIpc) is 1.63. The molecule has 0 saturated heterocycles. The molecular weight excluding hydrogens is 1270 g/mol. The first kappa shape index (κ1) is 92.4. The van der Waals surface area contributed by atoms with Gasteiger partial charge in [0.1, 0.15) is 25.4 Å². The Morgan fingerprint density at radius 1 is 0.299 bits per heavy atom. The van der Waals surface area contributed by atoms with Crippen molar-refractivity contribution in [2.24, 2.45) is 0 Å². The monoisotopic (exact) mass is 1400 g/mol. The lowest BCUT2D eigenvalue weighted by Gasteiger charge is -2.21. The van der Waals surface area contributed by atoms with Crippen LogP contribution in [0.1, 0.15) is 278 Å². The highest BCUT2D eigenvalue weighted by Crippen LogP contribution is 2.45. The van der Waals surface area contributed by atoms with E-state index in [0.29, 0.717) is 19.3 Å².